The number of methoxy groups -OCH3 is 1. The molecule has 1 fully saturated rings. The zero-order chi connectivity index (χ0) is 14.5. The number of carbonyl (C=O) groups excluding carboxylic acids is 1. The Kier molecular flexibility index (Phi) is 4.84. The normalized spacial score (nSPS) is 16.1. The van der Waals surface area contributed by atoms with Crippen LogP contribution in [-0.2, 0) is 4.79 Å². The fourth-order valence-corrected chi connectivity index (χ4v) is 2.28. The second kappa shape index (κ2) is 6.61. The number of benzene rings is 1. The quantitative estimate of drug-likeness (QED) is 0.890. The smallest absolute Gasteiger partial charge is 0.260 e. The van der Waals surface area contributed by atoms with Gasteiger partial charge in [0.05, 0.1) is 7.11 Å². The van der Waals surface area contributed by atoms with Gasteiger partial charge in [0.2, 0.25) is 0 Å². The molecule has 2 rings (SSSR count). The zero-order valence-corrected chi connectivity index (χ0v) is 12.1. The summed E-state index contributed by atoms with van der Waals surface area (Å²) in [6, 6.07) is 5.47. The van der Waals surface area contributed by atoms with Crippen LogP contribution in [0.25, 0.3) is 0 Å². The lowest BCUT2D eigenvalue weighted by atomic mass is 10.1. The number of ether oxygens (including phenoxy) is 2. The predicted octanol–water partition coefficient (Wildman–Crippen LogP) is 1.72. The number of likely N-dealkylation sites (tertiary alicyclic amines) is 1. The van der Waals surface area contributed by atoms with Gasteiger partial charge in [-0.25, -0.2) is 0 Å². The second-order valence-corrected chi connectivity index (χ2v) is 5.08. The molecule has 1 aromatic carbocycles. The largest absolute Gasteiger partial charge is 0.493 e. The topological polar surface area (TPSA) is 64.8 Å². The zero-order valence-electron chi connectivity index (χ0n) is 12.1. The number of carbonyl (C=O) groups is 1. The van der Waals surface area contributed by atoms with E-state index in [1.54, 1.807) is 13.2 Å². The van der Waals surface area contributed by atoms with Crippen LogP contribution in [0, 0.1) is 0 Å². The summed E-state index contributed by atoms with van der Waals surface area (Å²) in [6.07, 6.45) is 2.16. The molecule has 1 heterocycles. The second-order valence-electron chi connectivity index (χ2n) is 5.08. The molecule has 20 heavy (non-hydrogen) atoms. The number of hydrogen-bond acceptors (Lipinski definition) is 4. The molecule has 0 saturated carbocycles. The fraction of sp³-hybridized carbons (Fsp3) is 0.533. The highest BCUT2D eigenvalue weighted by molar-refractivity contribution is 5.78. The number of nitrogens with zero attached hydrogens (tertiary/aromatic N) is 1. The van der Waals surface area contributed by atoms with Gasteiger partial charge in [0.1, 0.15) is 0 Å². The third kappa shape index (κ3) is 3.42. The molecule has 1 aliphatic rings. The van der Waals surface area contributed by atoms with E-state index < -0.39 is 0 Å². The van der Waals surface area contributed by atoms with Crippen LogP contribution in [0.1, 0.15) is 31.4 Å². The first-order valence-electron chi connectivity index (χ1n) is 6.96. The van der Waals surface area contributed by atoms with Crippen molar-refractivity contribution >= 4 is 5.91 Å². The third-order valence-electron chi connectivity index (χ3n) is 3.52. The minimum atomic E-state index is -0.0656. The lowest BCUT2D eigenvalue weighted by molar-refractivity contribution is -0.132. The summed E-state index contributed by atoms with van der Waals surface area (Å²) in [6.45, 7) is 3.63. The molecule has 0 aromatic heterocycles. The lowest BCUT2D eigenvalue weighted by Gasteiger charge is -2.17. The molecular weight excluding hydrogens is 256 g/mol. The molecule has 0 bridgehead atoms. The molecule has 1 atom stereocenters. The Balaban J connectivity index is 1.99. The molecule has 2 N–H and O–H groups in total. The standard InChI is InChI=1S/C15H22N2O3/c1-11(16)12-5-6-13(14(9-12)19-2)20-10-15(18)17-7-3-4-8-17/h5-6,9,11H,3-4,7-8,10,16H2,1-2H3/t11-/m1/s1. The molecule has 110 valence electrons. The highest BCUT2D eigenvalue weighted by atomic mass is 16.5. The Morgan fingerprint density at radius 2 is 2.05 bits per heavy atom. The van der Waals surface area contributed by atoms with Crippen molar-refractivity contribution in [3.8, 4) is 11.5 Å². The van der Waals surface area contributed by atoms with Crippen LogP contribution in [0.2, 0.25) is 0 Å². The van der Waals surface area contributed by atoms with Gasteiger partial charge < -0.3 is 20.1 Å². The van der Waals surface area contributed by atoms with E-state index in [1.807, 2.05) is 24.0 Å². The van der Waals surface area contributed by atoms with Crippen molar-refractivity contribution in [3.05, 3.63) is 23.8 Å². The maximum atomic E-state index is 11.9. The van der Waals surface area contributed by atoms with Crippen LogP contribution in [0.4, 0.5) is 0 Å². The Bertz CT molecular complexity index is 468. The summed E-state index contributed by atoms with van der Waals surface area (Å²) in [5.41, 5.74) is 6.81. The minimum absolute atomic E-state index is 0.0285. The fourth-order valence-electron chi connectivity index (χ4n) is 2.28. The average Bonchev–Trinajstić information content (AvgIpc) is 2.98. The summed E-state index contributed by atoms with van der Waals surface area (Å²) < 4.78 is 10.9. The molecule has 1 saturated heterocycles. The third-order valence-corrected chi connectivity index (χ3v) is 3.52. The molecule has 0 spiro atoms. The van der Waals surface area contributed by atoms with Gasteiger partial charge in [-0.05, 0) is 37.5 Å². The van der Waals surface area contributed by atoms with Crippen molar-refractivity contribution in [2.45, 2.75) is 25.8 Å². The van der Waals surface area contributed by atoms with Gasteiger partial charge in [-0.3, -0.25) is 4.79 Å². The van der Waals surface area contributed by atoms with Crippen LogP contribution in [0.5, 0.6) is 11.5 Å². The SMILES string of the molecule is COc1cc([C@@H](C)N)ccc1OCC(=O)N1CCCC1. The number of amides is 1. The summed E-state index contributed by atoms with van der Waals surface area (Å²) >= 11 is 0. The van der Waals surface area contributed by atoms with Crippen molar-refractivity contribution in [1.82, 2.24) is 4.90 Å². The minimum Gasteiger partial charge on any atom is -0.493 e. The highest BCUT2D eigenvalue weighted by Crippen LogP contribution is 2.29. The van der Waals surface area contributed by atoms with Crippen LogP contribution in [0.15, 0.2) is 18.2 Å². The monoisotopic (exact) mass is 278 g/mol. The first-order chi connectivity index (χ1) is 9.61. The van der Waals surface area contributed by atoms with Gasteiger partial charge in [-0.2, -0.15) is 0 Å². The average molecular weight is 278 g/mol. The maximum absolute atomic E-state index is 11.9. The van der Waals surface area contributed by atoms with Crippen molar-refractivity contribution in [1.29, 1.82) is 0 Å². The maximum Gasteiger partial charge on any atom is 0.260 e. The number of rotatable bonds is 5. The van der Waals surface area contributed by atoms with Gasteiger partial charge in [0, 0.05) is 19.1 Å². The van der Waals surface area contributed by atoms with E-state index in [-0.39, 0.29) is 18.6 Å². The van der Waals surface area contributed by atoms with Crippen LogP contribution in [0.3, 0.4) is 0 Å². The molecule has 1 aromatic rings. The van der Waals surface area contributed by atoms with Crippen molar-refractivity contribution < 1.29 is 14.3 Å². The van der Waals surface area contributed by atoms with Crippen LogP contribution in [-0.4, -0.2) is 37.6 Å². The summed E-state index contributed by atoms with van der Waals surface area (Å²) in [4.78, 5) is 13.8. The van der Waals surface area contributed by atoms with E-state index in [9.17, 15) is 4.79 Å². The van der Waals surface area contributed by atoms with E-state index in [0.717, 1.165) is 31.5 Å². The van der Waals surface area contributed by atoms with Crippen molar-refractivity contribution in [3.63, 3.8) is 0 Å². The van der Waals surface area contributed by atoms with E-state index in [2.05, 4.69) is 0 Å². The molecule has 1 aliphatic heterocycles. The van der Waals surface area contributed by atoms with Gasteiger partial charge >= 0.3 is 0 Å². The lowest BCUT2D eigenvalue weighted by Crippen LogP contribution is -2.32. The molecule has 5 heteroatoms. The van der Waals surface area contributed by atoms with E-state index >= 15 is 0 Å². The van der Waals surface area contributed by atoms with Gasteiger partial charge in [0.15, 0.2) is 18.1 Å². The van der Waals surface area contributed by atoms with Gasteiger partial charge in [0.25, 0.3) is 5.91 Å². The number of hydrogen-bond donors (Lipinski definition) is 1. The molecule has 0 aliphatic carbocycles. The van der Waals surface area contributed by atoms with Crippen molar-refractivity contribution in [2.75, 3.05) is 26.8 Å². The molecule has 0 radical (unpaired) electrons. The summed E-state index contributed by atoms with van der Waals surface area (Å²) in [7, 11) is 1.58. The Morgan fingerprint density at radius 1 is 1.35 bits per heavy atom. The number of nitrogens with two attached hydrogens (primary N) is 1. The molecule has 5 nitrogen and oxygen atoms in total. The van der Waals surface area contributed by atoms with E-state index in [4.69, 9.17) is 15.2 Å². The molecule has 1 amide bonds. The van der Waals surface area contributed by atoms with E-state index in [1.165, 1.54) is 0 Å². The summed E-state index contributed by atoms with van der Waals surface area (Å²) in [5, 5.41) is 0. The molecule has 0 unspecified atom stereocenters. The first-order valence-corrected chi connectivity index (χ1v) is 6.96. The first kappa shape index (κ1) is 14.7. The van der Waals surface area contributed by atoms with Crippen LogP contribution < -0.4 is 15.2 Å². The van der Waals surface area contributed by atoms with E-state index in [0.29, 0.717) is 11.5 Å². The molecular formula is C15H22N2O3. The highest BCUT2D eigenvalue weighted by Gasteiger charge is 2.19. The summed E-state index contributed by atoms with van der Waals surface area (Å²) in [5.74, 6) is 1.21. The van der Waals surface area contributed by atoms with Gasteiger partial charge in [-0.15, -0.1) is 0 Å². The van der Waals surface area contributed by atoms with Crippen molar-refractivity contribution in [2.24, 2.45) is 5.73 Å². The Hall–Kier alpha value is -1.75. The Labute approximate surface area is 119 Å². The van der Waals surface area contributed by atoms with Gasteiger partial charge in [-0.1, -0.05) is 6.07 Å². The Morgan fingerprint density at radius 3 is 2.65 bits per heavy atom. The van der Waals surface area contributed by atoms with Crippen LogP contribution >= 0.6 is 0 Å². The predicted molar refractivity (Wildman–Crippen MR) is 76.9 cm³/mol.